The number of benzene rings is 1. The Balaban J connectivity index is 2.06. The number of rotatable bonds is 9. The fraction of sp³-hybridized carbons (Fsp3) is 0.591. The van der Waals surface area contributed by atoms with E-state index < -0.39 is 0 Å². The summed E-state index contributed by atoms with van der Waals surface area (Å²) in [5.41, 5.74) is 6.75. The third-order valence-electron chi connectivity index (χ3n) is 4.89. The Kier molecular flexibility index (Phi) is 9.12. The molecule has 0 aliphatic heterocycles. The fourth-order valence-corrected chi connectivity index (χ4v) is 3.31. The van der Waals surface area contributed by atoms with Gasteiger partial charge in [-0.2, -0.15) is 0 Å². The number of hydrogen-bond acceptors (Lipinski definition) is 4. The SMILES string of the molecule is COc1ccc(C#CC(CN(CCCN(C)C)C(=N)N)OC2CCCC2)cc1. The van der Waals surface area contributed by atoms with Crippen LogP contribution < -0.4 is 10.5 Å². The van der Waals surface area contributed by atoms with Gasteiger partial charge in [-0.15, -0.1) is 0 Å². The second-order valence-electron chi connectivity index (χ2n) is 7.52. The van der Waals surface area contributed by atoms with Crippen LogP contribution in [0.25, 0.3) is 0 Å². The van der Waals surface area contributed by atoms with Crippen molar-refractivity contribution in [2.24, 2.45) is 5.73 Å². The molecule has 28 heavy (non-hydrogen) atoms. The molecule has 0 radical (unpaired) electrons. The van der Waals surface area contributed by atoms with Crippen molar-refractivity contribution in [2.75, 3.05) is 40.8 Å². The summed E-state index contributed by atoms with van der Waals surface area (Å²) in [6, 6.07) is 7.69. The molecule has 1 fully saturated rings. The molecule has 0 bridgehead atoms. The van der Waals surface area contributed by atoms with Crippen LogP contribution in [-0.4, -0.2) is 68.8 Å². The molecule has 1 unspecified atom stereocenters. The zero-order valence-corrected chi connectivity index (χ0v) is 17.4. The highest BCUT2D eigenvalue weighted by Crippen LogP contribution is 2.22. The van der Waals surface area contributed by atoms with Crippen LogP contribution in [0.4, 0.5) is 0 Å². The van der Waals surface area contributed by atoms with Crippen LogP contribution in [0.3, 0.4) is 0 Å². The molecule has 6 heteroatoms. The molecule has 1 aromatic rings. The molecule has 3 N–H and O–H groups in total. The molecule has 6 nitrogen and oxygen atoms in total. The Bertz CT molecular complexity index is 657. The summed E-state index contributed by atoms with van der Waals surface area (Å²) in [6.07, 6.45) is 5.52. The third kappa shape index (κ3) is 7.79. The van der Waals surface area contributed by atoms with E-state index in [1.807, 2.05) is 43.3 Å². The van der Waals surface area contributed by atoms with Crippen molar-refractivity contribution >= 4 is 5.96 Å². The highest BCUT2D eigenvalue weighted by atomic mass is 16.5. The van der Waals surface area contributed by atoms with Gasteiger partial charge in [-0.3, -0.25) is 5.41 Å². The van der Waals surface area contributed by atoms with Gasteiger partial charge in [0.15, 0.2) is 5.96 Å². The number of methoxy groups -OCH3 is 1. The highest BCUT2D eigenvalue weighted by molar-refractivity contribution is 5.74. The molecule has 1 aromatic carbocycles. The summed E-state index contributed by atoms with van der Waals surface area (Å²) < 4.78 is 11.5. The van der Waals surface area contributed by atoms with Gasteiger partial charge in [0, 0.05) is 12.1 Å². The fourth-order valence-electron chi connectivity index (χ4n) is 3.31. The van der Waals surface area contributed by atoms with Gasteiger partial charge in [0.05, 0.1) is 19.8 Å². The Morgan fingerprint density at radius 3 is 2.46 bits per heavy atom. The van der Waals surface area contributed by atoms with Crippen molar-refractivity contribution in [1.82, 2.24) is 9.80 Å². The smallest absolute Gasteiger partial charge is 0.188 e. The molecule has 1 aliphatic rings. The van der Waals surface area contributed by atoms with Crippen molar-refractivity contribution in [3.8, 4) is 17.6 Å². The van der Waals surface area contributed by atoms with Gasteiger partial charge in [-0.1, -0.05) is 24.7 Å². The summed E-state index contributed by atoms with van der Waals surface area (Å²) >= 11 is 0. The van der Waals surface area contributed by atoms with Crippen molar-refractivity contribution < 1.29 is 9.47 Å². The molecule has 0 heterocycles. The van der Waals surface area contributed by atoms with Gasteiger partial charge in [-0.25, -0.2) is 0 Å². The number of nitrogens with zero attached hydrogens (tertiary/aromatic N) is 2. The van der Waals surface area contributed by atoms with E-state index in [1.165, 1.54) is 12.8 Å². The second-order valence-corrected chi connectivity index (χ2v) is 7.52. The van der Waals surface area contributed by atoms with Crippen molar-refractivity contribution in [3.63, 3.8) is 0 Å². The van der Waals surface area contributed by atoms with Crippen LogP contribution in [-0.2, 0) is 4.74 Å². The average molecular weight is 387 g/mol. The van der Waals surface area contributed by atoms with Gasteiger partial charge >= 0.3 is 0 Å². The number of guanidine groups is 1. The molecule has 0 saturated heterocycles. The van der Waals surface area contributed by atoms with Gasteiger partial charge in [0.2, 0.25) is 0 Å². The van der Waals surface area contributed by atoms with E-state index in [1.54, 1.807) is 7.11 Å². The van der Waals surface area contributed by atoms with E-state index in [4.69, 9.17) is 20.6 Å². The number of nitrogens with one attached hydrogen (secondary N) is 1. The summed E-state index contributed by atoms with van der Waals surface area (Å²) in [4.78, 5) is 4.00. The Hall–Kier alpha value is -2.23. The average Bonchev–Trinajstić information content (AvgIpc) is 3.18. The summed E-state index contributed by atoms with van der Waals surface area (Å²) in [5.74, 6) is 7.37. The molecule has 1 atom stereocenters. The van der Waals surface area contributed by atoms with E-state index in [9.17, 15) is 0 Å². The number of nitrogens with two attached hydrogens (primary N) is 1. The molecule has 1 aliphatic carbocycles. The minimum Gasteiger partial charge on any atom is -0.497 e. The molecule has 2 rings (SSSR count). The maximum Gasteiger partial charge on any atom is 0.188 e. The van der Waals surface area contributed by atoms with Crippen LogP contribution in [0.15, 0.2) is 24.3 Å². The normalized spacial score (nSPS) is 15.1. The van der Waals surface area contributed by atoms with E-state index in [-0.39, 0.29) is 18.2 Å². The first kappa shape index (κ1) is 22.1. The summed E-state index contributed by atoms with van der Waals surface area (Å²) in [7, 11) is 5.74. The van der Waals surface area contributed by atoms with E-state index >= 15 is 0 Å². The van der Waals surface area contributed by atoms with E-state index in [0.29, 0.717) is 6.54 Å². The first-order chi connectivity index (χ1) is 13.5. The van der Waals surface area contributed by atoms with Crippen molar-refractivity contribution in [1.29, 1.82) is 5.41 Å². The third-order valence-corrected chi connectivity index (χ3v) is 4.89. The van der Waals surface area contributed by atoms with E-state index in [2.05, 4.69) is 16.7 Å². The van der Waals surface area contributed by atoms with Gasteiger partial charge in [0.1, 0.15) is 11.9 Å². The van der Waals surface area contributed by atoms with Crippen LogP contribution >= 0.6 is 0 Å². The Labute approximate surface area is 169 Å². The second kappa shape index (κ2) is 11.6. The van der Waals surface area contributed by atoms with Gasteiger partial charge in [0.25, 0.3) is 0 Å². The van der Waals surface area contributed by atoms with Gasteiger partial charge in [-0.05, 0) is 64.2 Å². The highest BCUT2D eigenvalue weighted by Gasteiger charge is 2.22. The summed E-state index contributed by atoms with van der Waals surface area (Å²) in [6.45, 7) is 2.19. The molecule has 0 spiro atoms. The minimum atomic E-state index is -0.270. The number of ether oxygens (including phenoxy) is 2. The first-order valence-corrected chi connectivity index (χ1v) is 10.0. The van der Waals surface area contributed by atoms with Crippen LogP contribution in [0.1, 0.15) is 37.7 Å². The summed E-state index contributed by atoms with van der Waals surface area (Å²) in [5, 5.41) is 7.93. The van der Waals surface area contributed by atoms with Gasteiger partial charge < -0.3 is 25.0 Å². The van der Waals surface area contributed by atoms with Crippen LogP contribution in [0.5, 0.6) is 5.75 Å². The standard InChI is InChI=1S/C22H34N4O2/c1-25(2)15-6-16-26(22(23)24)17-21(28-20-7-4-5-8-20)14-11-18-9-12-19(27-3)13-10-18/h9-10,12-13,20-21H,4-8,15-17H2,1-3H3,(H3,23,24). The predicted molar refractivity (Wildman–Crippen MR) is 114 cm³/mol. The lowest BCUT2D eigenvalue weighted by Gasteiger charge is -2.27. The molecule has 154 valence electrons. The Morgan fingerprint density at radius 1 is 1.21 bits per heavy atom. The lowest BCUT2D eigenvalue weighted by Crippen LogP contribution is -2.43. The van der Waals surface area contributed by atoms with Crippen molar-refractivity contribution in [2.45, 2.75) is 44.3 Å². The lowest BCUT2D eigenvalue weighted by molar-refractivity contribution is 0.0129. The van der Waals surface area contributed by atoms with Crippen LogP contribution in [0, 0.1) is 17.3 Å². The maximum atomic E-state index is 7.93. The number of hydrogen-bond donors (Lipinski definition) is 2. The zero-order chi connectivity index (χ0) is 20.4. The minimum absolute atomic E-state index is 0.0741. The molecular weight excluding hydrogens is 352 g/mol. The maximum absolute atomic E-state index is 7.93. The molecule has 1 saturated carbocycles. The largest absolute Gasteiger partial charge is 0.497 e. The first-order valence-electron chi connectivity index (χ1n) is 10.0. The molecule has 0 amide bonds. The van der Waals surface area contributed by atoms with Crippen LogP contribution in [0.2, 0.25) is 0 Å². The quantitative estimate of drug-likeness (QED) is 0.388. The zero-order valence-electron chi connectivity index (χ0n) is 17.4. The predicted octanol–water partition coefficient (Wildman–Crippen LogP) is 2.52. The molecular formula is C22H34N4O2. The van der Waals surface area contributed by atoms with Crippen molar-refractivity contribution in [3.05, 3.63) is 29.8 Å². The Morgan fingerprint density at radius 2 is 1.89 bits per heavy atom. The lowest BCUT2D eigenvalue weighted by atomic mass is 10.2. The molecule has 0 aromatic heterocycles. The monoisotopic (exact) mass is 386 g/mol. The van der Waals surface area contributed by atoms with E-state index in [0.717, 1.165) is 43.7 Å². The topological polar surface area (TPSA) is 74.8 Å².